The summed E-state index contributed by atoms with van der Waals surface area (Å²) < 4.78 is 6.64. The van der Waals surface area contributed by atoms with Crippen molar-refractivity contribution in [1.82, 2.24) is 4.98 Å². The molecule has 1 aromatic heterocycles. The summed E-state index contributed by atoms with van der Waals surface area (Å²) in [7, 11) is 0. The van der Waals surface area contributed by atoms with Crippen LogP contribution in [0.4, 0.5) is 0 Å². The van der Waals surface area contributed by atoms with Gasteiger partial charge in [0, 0.05) is 17.2 Å². The van der Waals surface area contributed by atoms with Gasteiger partial charge >= 0.3 is 0 Å². The van der Waals surface area contributed by atoms with Gasteiger partial charge in [-0.25, -0.2) is 0 Å². The van der Waals surface area contributed by atoms with E-state index in [-0.39, 0.29) is 0 Å². The first kappa shape index (κ1) is 12.1. The fourth-order valence-electron chi connectivity index (χ4n) is 1.42. The van der Waals surface area contributed by atoms with Crippen LogP contribution in [0.5, 0.6) is 11.5 Å². The van der Waals surface area contributed by atoms with E-state index in [0.29, 0.717) is 12.3 Å². The van der Waals surface area contributed by atoms with Gasteiger partial charge in [0.1, 0.15) is 5.75 Å². The van der Waals surface area contributed by atoms with Crippen molar-refractivity contribution in [3.63, 3.8) is 0 Å². The summed E-state index contributed by atoms with van der Waals surface area (Å²) in [5.74, 6) is 1.47. The molecule has 0 unspecified atom stereocenters. The van der Waals surface area contributed by atoms with Gasteiger partial charge in [0.25, 0.3) is 0 Å². The van der Waals surface area contributed by atoms with Crippen LogP contribution >= 0.6 is 15.9 Å². The van der Waals surface area contributed by atoms with E-state index in [0.717, 1.165) is 15.9 Å². The van der Waals surface area contributed by atoms with Crippen molar-refractivity contribution in [1.29, 1.82) is 0 Å². The number of aryl methyl sites for hydroxylation is 1. The molecule has 88 valence electrons. The minimum absolute atomic E-state index is 0.356. The van der Waals surface area contributed by atoms with E-state index < -0.39 is 0 Å². The Hall–Kier alpha value is -1.39. The molecule has 17 heavy (non-hydrogen) atoms. The number of hydrogen-bond donors (Lipinski definition) is 1. The summed E-state index contributed by atoms with van der Waals surface area (Å²) in [5.41, 5.74) is 7.56. The molecule has 1 aromatic carbocycles. The van der Waals surface area contributed by atoms with Gasteiger partial charge in [0.05, 0.1) is 5.69 Å². The van der Waals surface area contributed by atoms with Crippen LogP contribution in [0.2, 0.25) is 0 Å². The summed E-state index contributed by atoms with van der Waals surface area (Å²) in [5, 5.41) is 0. The number of benzene rings is 1. The smallest absolute Gasteiger partial charge is 0.151 e. The molecule has 2 N–H and O–H groups in total. The zero-order chi connectivity index (χ0) is 12.3. The minimum atomic E-state index is 0.356. The zero-order valence-corrected chi connectivity index (χ0v) is 11.1. The van der Waals surface area contributed by atoms with Crippen LogP contribution in [0, 0.1) is 6.92 Å². The van der Waals surface area contributed by atoms with Gasteiger partial charge in [-0.1, -0.05) is 17.7 Å². The summed E-state index contributed by atoms with van der Waals surface area (Å²) in [6.45, 7) is 2.39. The molecule has 0 spiro atoms. The maximum Gasteiger partial charge on any atom is 0.151 e. The highest BCUT2D eigenvalue weighted by molar-refractivity contribution is 9.10. The minimum Gasteiger partial charge on any atom is -0.455 e. The van der Waals surface area contributed by atoms with Gasteiger partial charge in [0.15, 0.2) is 5.75 Å². The number of aromatic nitrogens is 1. The number of rotatable bonds is 3. The number of hydrogen-bond acceptors (Lipinski definition) is 3. The molecule has 0 bridgehead atoms. The molecule has 0 fully saturated rings. The Morgan fingerprint density at radius 3 is 2.65 bits per heavy atom. The highest BCUT2D eigenvalue weighted by atomic mass is 79.9. The predicted molar refractivity (Wildman–Crippen MR) is 71.1 cm³/mol. The lowest BCUT2D eigenvalue weighted by molar-refractivity contribution is 0.472. The van der Waals surface area contributed by atoms with E-state index in [9.17, 15) is 0 Å². The van der Waals surface area contributed by atoms with Crippen LogP contribution in [-0.2, 0) is 6.54 Å². The topological polar surface area (TPSA) is 48.1 Å². The molecule has 4 heteroatoms. The molecule has 0 aliphatic rings. The van der Waals surface area contributed by atoms with Gasteiger partial charge in [0.2, 0.25) is 0 Å². The number of ether oxygens (including phenoxy) is 1. The maximum atomic E-state index is 5.76. The summed E-state index contributed by atoms with van der Waals surface area (Å²) >= 11 is 3.37. The normalized spacial score (nSPS) is 10.3. The van der Waals surface area contributed by atoms with Crippen LogP contribution in [0.3, 0.4) is 0 Å². The molecule has 3 nitrogen and oxygen atoms in total. The molecule has 0 saturated carbocycles. The highest BCUT2D eigenvalue weighted by Crippen LogP contribution is 2.26. The maximum absolute atomic E-state index is 5.76. The zero-order valence-electron chi connectivity index (χ0n) is 9.48. The molecular weight excluding hydrogens is 280 g/mol. The SMILES string of the molecule is Cc1ccc(Oc2cc(Br)cnc2CN)cc1. The van der Waals surface area contributed by atoms with E-state index in [2.05, 4.69) is 20.9 Å². The number of nitrogens with zero attached hydrogens (tertiary/aromatic N) is 1. The van der Waals surface area contributed by atoms with Crippen LogP contribution in [-0.4, -0.2) is 4.98 Å². The van der Waals surface area contributed by atoms with Crippen LogP contribution in [0.15, 0.2) is 41.0 Å². The molecule has 0 amide bonds. The first-order valence-electron chi connectivity index (χ1n) is 5.28. The lowest BCUT2D eigenvalue weighted by Crippen LogP contribution is -2.02. The van der Waals surface area contributed by atoms with Crippen molar-refractivity contribution < 1.29 is 4.74 Å². The van der Waals surface area contributed by atoms with Crippen molar-refractivity contribution >= 4 is 15.9 Å². The second kappa shape index (κ2) is 5.29. The number of pyridine rings is 1. The molecular formula is C13H13BrN2O. The number of halogens is 1. The molecule has 2 aromatic rings. The third-order valence-electron chi connectivity index (χ3n) is 2.34. The Labute approximate surface area is 109 Å². The van der Waals surface area contributed by atoms with Crippen LogP contribution in [0.1, 0.15) is 11.3 Å². The summed E-state index contributed by atoms with van der Waals surface area (Å²) in [4.78, 5) is 4.21. The first-order chi connectivity index (χ1) is 8.19. The van der Waals surface area contributed by atoms with Crippen molar-refractivity contribution in [2.45, 2.75) is 13.5 Å². The van der Waals surface area contributed by atoms with Crippen molar-refractivity contribution in [2.75, 3.05) is 0 Å². The molecule has 0 atom stereocenters. The second-order valence-corrected chi connectivity index (χ2v) is 4.63. The average Bonchev–Trinajstić information content (AvgIpc) is 2.32. The molecule has 2 rings (SSSR count). The van der Waals surface area contributed by atoms with E-state index in [1.807, 2.05) is 37.3 Å². The average molecular weight is 293 g/mol. The Morgan fingerprint density at radius 2 is 2.00 bits per heavy atom. The third-order valence-corrected chi connectivity index (χ3v) is 2.77. The van der Waals surface area contributed by atoms with Gasteiger partial charge in [-0.05, 0) is 41.1 Å². The second-order valence-electron chi connectivity index (χ2n) is 3.72. The third kappa shape index (κ3) is 3.05. The lowest BCUT2D eigenvalue weighted by atomic mass is 10.2. The fourth-order valence-corrected chi connectivity index (χ4v) is 1.73. The molecule has 0 aliphatic heterocycles. The quantitative estimate of drug-likeness (QED) is 0.943. The Bertz CT molecular complexity index is 511. The van der Waals surface area contributed by atoms with Gasteiger partial charge < -0.3 is 10.5 Å². The van der Waals surface area contributed by atoms with Gasteiger partial charge in [-0.3, -0.25) is 4.98 Å². The highest BCUT2D eigenvalue weighted by Gasteiger charge is 2.06. The van der Waals surface area contributed by atoms with E-state index in [4.69, 9.17) is 10.5 Å². The molecule has 0 saturated heterocycles. The van der Waals surface area contributed by atoms with E-state index in [1.165, 1.54) is 5.56 Å². The van der Waals surface area contributed by atoms with Crippen molar-refractivity contribution in [3.8, 4) is 11.5 Å². The fraction of sp³-hybridized carbons (Fsp3) is 0.154. The van der Waals surface area contributed by atoms with E-state index in [1.54, 1.807) is 6.20 Å². The molecule has 0 radical (unpaired) electrons. The van der Waals surface area contributed by atoms with Crippen LogP contribution in [0.25, 0.3) is 0 Å². The number of nitrogens with two attached hydrogens (primary N) is 1. The molecule has 1 heterocycles. The van der Waals surface area contributed by atoms with Gasteiger partial charge in [-0.2, -0.15) is 0 Å². The van der Waals surface area contributed by atoms with Crippen molar-refractivity contribution in [2.24, 2.45) is 5.73 Å². The van der Waals surface area contributed by atoms with E-state index >= 15 is 0 Å². The summed E-state index contributed by atoms with van der Waals surface area (Å²) in [6, 6.07) is 9.73. The Balaban J connectivity index is 2.28. The lowest BCUT2D eigenvalue weighted by Gasteiger charge is -2.09. The largest absolute Gasteiger partial charge is 0.455 e. The Morgan fingerprint density at radius 1 is 1.29 bits per heavy atom. The monoisotopic (exact) mass is 292 g/mol. The summed E-state index contributed by atoms with van der Waals surface area (Å²) in [6.07, 6.45) is 1.71. The van der Waals surface area contributed by atoms with Crippen molar-refractivity contribution in [3.05, 3.63) is 52.3 Å². The standard InChI is InChI=1S/C13H13BrN2O/c1-9-2-4-11(5-3-9)17-13-6-10(14)8-16-12(13)7-15/h2-6,8H,7,15H2,1H3. The predicted octanol–water partition coefficient (Wildman–Crippen LogP) is 3.40. The van der Waals surface area contributed by atoms with Gasteiger partial charge in [-0.15, -0.1) is 0 Å². The Kier molecular flexibility index (Phi) is 3.76. The molecule has 0 aliphatic carbocycles. The first-order valence-corrected chi connectivity index (χ1v) is 6.07. The van der Waals surface area contributed by atoms with Crippen LogP contribution < -0.4 is 10.5 Å².